The molecule has 9 nitrogen and oxygen atoms in total. The van der Waals surface area contributed by atoms with Crippen LogP contribution in [0.4, 0.5) is 4.79 Å². The summed E-state index contributed by atoms with van der Waals surface area (Å²) in [6, 6.07) is -0.964. The lowest BCUT2D eigenvalue weighted by molar-refractivity contribution is -0.0999. The molecule has 94 valence electrons. The van der Waals surface area contributed by atoms with E-state index in [2.05, 4.69) is 10.8 Å². The van der Waals surface area contributed by atoms with Crippen molar-refractivity contribution in [3.8, 4) is 0 Å². The van der Waals surface area contributed by atoms with E-state index in [9.17, 15) is 20.1 Å². The summed E-state index contributed by atoms with van der Waals surface area (Å²) in [4.78, 5) is 10.2. The first-order valence-electron chi connectivity index (χ1n) is 4.32. The van der Waals surface area contributed by atoms with Crippen LogP contribution in [0.25, 0.3) is 0 Å². The van der Waals surface area contributed by atoms with E-state index < -0.39 is 37.1 Å². The summed E-state index contributed by atoms with van der Waals surface area (Å²) in [5.41, 5.74) is 6.41. The number of nitrogens with one attached hydrogen (secondary N) is 1. The van der Waals surface area contributed by atoms with E-state index in [1.54, 1.807) is 5.43 Å². The first-order chi connectivity index (χ1) is 7.40. The summed E-state index contributed by atoms with van der Waals surface area (Å²) in [6.45, 7) is -0.776. The fourth-order valence-corrected chi connectivity index (χ4v) is 0.803. The predicted octanol–water partition coefficient (Wildman–Crippen LogP) is -3.92. The predicted molar refractivity (Wildman–Crippen MR) is 52.3 cm³/mol. The van der Waals surface area contributed by atoms with Gasteiger partial charge in [-0.1, -0.05) is 0 Å². The van der Waals surface area contributed by atoms with Gasteiger partial charge in [0.05, 0.1) is 12.8 Å². The molecule has 0 heterocycles. The minimum absolute atomic E-state index is 0.711. The van der Waals surface area contributed by atoms with Gasteiger partial charge in [0, 0.05) is 0 Å². The molecular weight excluding hydrogens is 222 g/mol. The van der Waals surface area contributed by atoms with Crippen LogP contribution < -0.4 is 11.2 Å². The third-order valence-corrected chi connectivity index (χ3v) is 1.68. The molecule has 0 spiro atoms. The van der Waals surface area contributed by atoms with Gasteiger partial charge in [-0.15, -0.1) is 0 Å². The summed E-state index contributed by atoms with van der Waals surface area (Å²) in [5, 5.41) is 48.2. The molecule has 0 aromatic heterocycles. The average molecular weight is 237 g/mol. The van der Waals surface area contributed by atoms with Crippen molar-refractivity contribution in [3.05, 3.63) is 0 Å². The van der Waals surface area contributed by atoms with Crippen LogP contribution in [0.15, 0.2) is 5.10 Å². The second-order valence-corrected chi connectivity index (χ2v) is 2.98. The monoisotopic (exact) mass is 237 g/mol. The molecule has 4 atom stereocenters. The number of amides is 2. The van der Waals surface area contributed by atoms with Gasteiger partial charge in [-0.05, 0) is 0 Å². The molecule has 0 fully saturated rings. The lowest BCUT2D eigenvalue weighted by Crippen LogP contribution is -2.46. The second kappa shape index (κ2) is 7.09. The van der Waals surface area contributed by atoms with Crippen LogP contribution in [0.5, 0.6) is 0 Å². The number of nitrogens with two attached hydrogens (primary N) is 1. The number of aliphatic hydroxyl groups excluding tert-OH is 5. The van der Waals surface area contributed by atoms with Gasteiger partial charge in [-0.25, -0.2) is 10.2 Å². The molecular formula is C7H15N3O6. The highest BCUT2D eigenvalue weighted by Gasteiger charge is 2.29. The summed E-state index contributed by atoms with van der Waals surface area (Å²) >= 11 is 0. The lowest BCUT2D eigenvalue weighted by atomic mass is 10.0. The zero-order valence-electron chi connectivity index (χ0n) is 8.26. The Bertz CT molecular complexity index is 248. The Labute approximate surface area is 90.8 Å². The van der Waals surface area contributed by atoms with Gasteiger partial charge in [-0.3, -0.25) is 0 Å². The molecule has 0 aliphatic heterocycles. The number of aliphatic hydroxyl groups is 5. The van der Waals surface area contributed by atoms with Crippen LogP contribution in [0, 0.1) is 0 Å². The van der Waals surface area contributed by atoms with Crippen molar-refractivity contribution in [3.63, 3.8) is 0 Å². The van der Waals surface area contributed by atoms with Gasteiger partial charge in [-0.2, -0.15) is 5.10 Å². The minimum atomic E-state index is -1.76. The quantitative estimate of drug-likeness (QED) is 0.184. The molecule has 16 heavy (non-hydrogen) atoms. The number of hydrogen-bond donors (Lipinski definition) is 7. The Morgan fingerprint density at radius 1 is 1.31 bits per heavy atom. The molecule has 8 N–H and O–H groups in total. The maximum Gasteiger partial charge on any atom is 0.332 e. The van der Waals surface area contributed by atoms with E-state index in [0.29, 0.717) is 6.21 Å². The molecule has 0 aromatic carbocycles. The van der Waals surface area contributed by atoms with E-state index in [1.165, 1.54) is 0 Å². The number of carbonyl (C=O) groups excluding carboxylic acids is 1. The number of primary amides is 1. The van der Waals surface area contributed by atoms with E-state index >= 15 is 0 Å². The van der Waals surface area contributed by atoms with Crippen LogP contribution in [0.2, 0.25) is 0 Å². The van der Waals surface area contributed by atoms with E-state index in [1.807, 2.05) is 0 Å². The molecule has 0 bridgehead atoms. The van der Waals surface area contributed by atoms with Crippen molar-refractivity contribution >= 4 is 12.2 Å². The Hall–Kier alpha value is -1.26. The van der Waals surface area contributed by atoms with Crippen molar-refractivity contribution in [2.45, 2.75) is 24.4 Å². The van der Waals surface area contributed by atoms with Gasteiger partial charge in [0.15, 0.2) is 0 Å². The van der Waals surface area contributed by atoms with Crippen LogP contribution in [-0.2, 0) is 0 Å². The Morgan fingerprint density at radius 2 is 1.88 bits per heavy atom. The van der Waals surface area contributed by atoms with E-state index in [0.717, 1.165) is 0 Å². The smallest absolute Gasteiger partial charge is 0.332 e. The van der Waals surface area contributed by atoms with Crippen LogP contribution in [0.3, 0.4) is 0 Å². The fraction of sp³-hybridized carbons (Fsp3) is 0.714. The Balaban J connectivity index is 4.21. The van der Waals surface area contributed by atoms with Crippen molar-refractivity contribution in [1.29, 1.82) is 0 Å². The summed E-state index contributed by atoms with van der Waals surface area (Å²) < 4.78 is 0. The van der Waals surface area contributed by atoms with Crippen molar-refractivity contribution in [2.24, 2.45) is 10.8 Å². The molecule has 0 unspecified atom stereocenters. The van der Waals surface area contributed by atoms with Gasteiger partial charge in [0.2, 0.25) is 0 Å². The van der Waals surface area contributed by atoms with Crippen LogP contribution in [-0.4, -0.2) is 68.8 Å². The summed E-state index contributed by atoms with van der Waals surface area (Å²) in [6.07, 6.45) is -6.03. The first-order valence-corrected chi connectivity index (χ1v) is 4.32. The van der Waals surface area contributed by atoms with Gasteiger partial charge in [0.25, 0.3) is 0 Å². The largest absolute Gasteiger partial charge is 0.394 e. The molecule has 0 aliphatic rings. The number of hydrazone groups is 1. The standard InChI is InChI=1S/C7H15N3O6/c8-7(16)10-9-1-3(12)5(14)6(15)4(13)2-11/h1,3-6,11-15H,2H2,(H3,8,10,16)/b9-1+/t3-,4+,5+,6-/m0/s1. The molecule has 0 rings (SSSR count). The highest BCUT2D eigenvalue weighted by Crippen LogP contribution is 2.03. The maximum atomic E-state index is 10.2. The van der Waals surface area contributed by atoms with Crippen LogP contribution >= 0.6 is 0 Å². The lowest BCUT2D eigenvalue weighted by Gasteiger charge is -2.23. The average Bonchev–Trinajstić information content (AvgIpc) is 2.25. The topological polar surface area (TPSA) is 169 Å². The molecule has 0 radical (unpaired) electrons. The van der Waals surface area contributed by atoms with Gasteiger partial charge >= 0.3 is 6.03 Å². The molecule has 0 saturated heterocycles. The molecule has 9 heteroatoms. The van der Waals surface area contributed by atoms with Crippen LogP contribution in [0.1, 0.15) is 0 Å². The number of hydrogen-bond acceptors (Lipinski definition) is 7. The molecule has 0 aromatic rings. The third-order valence-electron chi connectivity index (χ3n) is 1.68. The minimum Gasteiger partial charge on any atom is -0.394 e. The fourth-order valence-electron chi connectivity index (χ4n) is 0.803. The summed E-state index contributed by atoms with van der Waals surface area (Å²) in [7, 11) is 0. The molecule has 0 saturated carbocycles. The number of nitrogens with zero attached hydrogens (tertiary/aromatic N) is 1. The first kappa shape index (κ1) is 14.7. The SMILES string of the molecule is NC(=O)N/N=C/[C@H](O)[C@@H](O)[C@@H](O)[C@H](O)CO. The molecule has 2 amide bonds. The highest BCUT2D eigenvalue weighted by molar-refractivity contribution is 5.73. The van der Waals surface area contributed by atoms with Crippen molar-refractivity contribution in [1.82, 2.24) is 5.43 Å². The summed E-state index contributed by atoms with van der Waals surface area (Å²) in [5.74, 6) is 0. The normalized spacial score (nSPS) is 19.1. The third kappa shape index (κ3) is 5.00. The maximum absolute atomic E-state index is 10.2. The zero-order chi connectivity index (χ0) is 12.7. The van der Waals surface area contributed by atoms with Gasteiger partial charge < -0.3 is 31.3 Å². The second-order valence-electron chi connectivity index (χ2n) is 2.98. The van der Waals surface area contributed by atoms with Crippen molar-refractivity contribution < 1.29 is 30.3 Å². The zero-order valence-corrected chi connectivity index (χ0v) is 8.26. The van der Waals surface area contributed by atoms with E-state index in [-0.39, 0.29) is 0 Å². The Kier molecular flexibility index (Phi) is 6.53. The Morgan fingerprint density at radius 3 is 2.31 bits per heavy atom. The van der Waals surface area contributed by atoms with E-state index in [4.69, 9.17) is 10.2 Å². The number of urea groups is 1. The highest BCUT2D eigenvalue weighted by atomic mass is 16.4. The van der Waals surface area contributed by atoms with Gasteiger partial charge in [0.1, 0.15) is 24.4 Å². The van der Waals surface area contributed by atoms with Crippen molar-refractivity contribution in [2.75, 3.05) is 6.61 Å². The molecule has 0 aliphatic carbocycles. The number of carbonyl (C=O) groups is 1. The number of rotatable bonds is 6.